The molecule has 6 heteroatoms. The predicted molar refractivity (Wildman–Crippen MR) is 111 cm³/mol. The molecule has 29 heavy (non-hydrogen) atoms. The Hall–Kier alpha value is -2.86. The summed E-state index contributed by atoms with van der Waals surface area (Å²) in [6, 6.07) is 9.66. The topological polar surface area (TPSA) is 63.0 Å². The van der Waals surface area contributed by atoms with E-state index in [1.54, 1.807) is 6.07 Å². The molecule has 5 rings (SSSR count). The highest BCUT2D eigenvalue weighted by molar-refractivity contribution is 6.06. The number of hydrogen-bond donors (Lipinski definition) is 0. The molecule has 2 aromatic carbocycles. The van der Waals surface area contributed by atoms with Crippen molar-refractivity contribution in [3.8, 4) is 5.75 Å². The van der Waals surface area contributed by atoms with Crippen LogP contribution in [-0.2, 0) is 11.3 Å². The molecule has 0 unspecified atom stereocenters. The van der Waals surface area contributed by atoms with Gasteiger partial charge in [0.05, 0.1) is 5.39 Å². The van der Waals surface area contributed by atoms with Crippen molar-refractivity contribution in [2.75, 3.05) is 26.4 Å². The van der Waals surface area contributed by atoms with Gasteiger partial charge in [0, 0.05) is 49.1 Å². The summed E-state index contributed by atoms with van der Waals surface area (Å²) >= 11 is 0. The van der Waals surface area contributed by atoms with Crippen LogP contribution in [0.5, 0.6) is 5.75 Å². The first kappa shape index (κ1) is 18.2. The first-order chi connectivity index (χ1) is 14.1. The molecule has 0 spiro atoms. The maximum Gasteiger partial charge on any atom is 0.344 e. The molecule has 6 nitrogen and oxygen atoms in total. The second-order valence-corrected chi connectivity index (χ2v) is 7.97. The average Bonchev–Trinajstić information content (AvgIpc) is 3.14. The molecule has 150 valence electrons. The lowest BCUT2D eigenvalue weighted by Crippen LogP contribution is -2.35. The Morgan fingerprint density at radius 1 is 1.07 bits per heavy atom. The first-order valence-corrected chi connectivity index (χ1v) is 10.2. The molecule has 0 atom stereocenters. The zero-order chi connectivity index (χ0) is 20.0. The van der Waals surface area contributed by atoms with Crippen molar-refractivity contribution < 1.29 is 13.9 Å². The lowest BCUT2D eigenvalue weighted by molar-refractivity contribution is -0.127. The van der Waals surface area contributed by atoms with Crippen LogP contribution in [0.25, 0.3) is 21.7 Å². The third kappa shape index (κ3) is 3.17. The third-order valence-electron chi connectivity index (χ3n) is 6.03. The van der Waals surface area contributed by atoms with E-state index in [1.165, 1.54) is 0 Å². The predicted octanol–water partition coefficient (Wildman–Crippen LogP) is 3.42. The number of ether oxygens (including phenoxy) is 1. The summed E-state index contributed by atoms with van der Waals surface area (Å²) in [5, 5.41) is 2.46. The molecule has 0 bridgehead atoms. The minimum absolute atomic E-state index is 0.278. The number of amides is 1. The standard InChI is InChI=1S/C23H24N2O4/c1-15-21-16(12-19-17-6-2-3-7-18(17)23(27)29-22(15)19)13-24(14-28-21)9-5-11-25-10-4-8-20(25)26/h2-3,6-7,12H,4-5,8-11,13-14H2,1H3. The highest BCUT2D eigenvalue weighted by Crippen LogP contribution is 2.36. The van der Waals surface area contributed by atoms with E-state index < -0.39 is 0 Å². The van der Waals surface area contributed by atoms with Gasteiger partial charge in [0.1, 0.15) is 18.1 Å². The summed E-state index contributed by atoms with van der Waals surface area (Å²) in [5.74, 6) is 1.10. The lowest BCUT2D eigenvalue weighted by Gasteiger charge is -2.30. The molecule has 1 saturated heterocycles. The summed E-state index contributed by atoms with van der Waals surface area (Å²) in [5.41, 5.74) is 2.28. The molecule has 3 aromatic rings. The molecule has 1 fully saturated rings. The second kappa shape index (κ2) is 7.19. The van der Waals surface area contributed by atoms with Crippen molar-refractivity contribution in [1.29, 1.82) is 0 Å². The van der Waals surface area contributed by atoms with E-state index >= 15 is 0 Å². The summed E-state index contributed by atoms with van der Waals surface area (Å²) in [4.78, 5) is 28.4. The van der Waals surface area contributed by atoms with E-state index in [0.717, 1.165) is 66.7 Å². The van der Waals surface area contributed by atoms with E-state index in [-0.39, 0.29) is 11.5 Å². The zero-order valence-electron chi connectivity index (χ0n) is 16.6. The molecule has 1 aromatic heterocycles. The summed E-state index contributed by atoms with van der Waals surface area (Å²) in [6.45, 7) is 5.83. The molecular formula is C23H24N2O4. The van der Waals surface area contributed by atoms with Crippen LogP contribution in [0.4, 0.5) is 0 Å². The van der Waals surface area contributed by atoms with Crippen molar-refractivity contribution in [3.63, 3.8) is 0 Å². The lowest BCUT2D eigenvalue weighted by atomic mass is 10.00. The fourth-order valence-electron chi connectivity index (χ4n) is 4.56. The minimum Gasteiger partial charge on any atom is -0.477 e. The molecule has 1 amide bonds. The van der Waals surface area contributed by atoms with Gasteiger partial charge in [0.2, 0.25) is 5.91 Å². The molecule has 0 aliphatic carbocycles. The van der Waals surface area contributed by atoms with Crippen LogP contribution in [0, 0.1) is 6.92 Å². The van der Waals surface area contributed by atoms with Crippen molar-refractivity contribution in [3.05, 3.63) is 51.9 Å². The molecule has 0 radical (unpaired) electrons. The fourth-order valence-corrected chi connectivity index (χ4v) is 4.56. The number of benzene rings is 2. The molecule has 3 heterocycles. The van der Waals surface area contributed by atoms with Crippen LogP contribution in [0.15, 0.2) is 39.5 Å². The van der Waals surface area contributed by atoms with Gasteiger partial charge in [-0.2, -0.15) is 0 Å². The molecule has 0 N–H and O–H groups in total. The van der Waals surface area contributed by atoms with Gasteiger partial charge >= 0.3 is 5.63 Å². The molecule has 2 aliphatic rings. The van der Waals surface area contributed by atoms with E-state index in [4.69, 9.17) is 9.15 Å². The number of hydrogen-bond acceptors (Lipinski definition) is 5. The number of nitrogens with zero attached hydrogens (tertiary/aromatic N) is 2. The number of carbonyl (C=O) groups excluding carboxylic acids is 1. The largest absolute Gasteiger partial charge is 0.477 e. The molecule has 0 saturated carbocycles. The number of likely N-dealkylation sites (tertiary alicyclic amines) is 1. The number of fused-ring (bicyclic) bond motifs is 4. The van der Waals surface area contributed by atoms with Crippen LogP contribution >= 0.6 is 0 Å². The van der Waals surface area contributed by atoms with Crippen LogP contribution in [0.1, 0.15) is 30.4 Å². The summed E-state index contributed by atoms with van der Waals surface area (Å²) < 4.78 is 11.7. The van der Waals surface area contributed by atoms with Gasteiger partial charge < -0.3 is 14.1 Å². The SMILES string of the molecule is Cc1c2c(cc3c1oc(=O)c1ccccc13)CN(CCCN1CCCC1=O)CO2. The van der Waals surface area contributed by atoms with Crippen molar-refractivity contribution >= 4 is 27.6 Å². The van der Waals surface area contributed by atoms with E-state index in [1.807, 2.05) is 30.0 Å². The average molecular weight is 392 g/mol. The van der Waals surface area contributed by atoms with Crippen molar-refractivity contribution in [2.45, 2.75) is 32.7 Å². The van der Waals surface area contributed by atoms with E-state index in [9.17, 15) is 9.59 Å². The van der Waals surface area contributed by atoms with Crippen molar-refractivity contribution in [1.82, 2.24) is 9.80 Å². The van der Waals surface area contributed by atoms with Crippen LogP contribution < -0.4 is 10.4 Å². The Morgan fingerprint density at radius 3 is 2.69 bits per heavy atom. The van der Waals surface area contributed by atoms with E-state index in [0.29, 0.717) is 24.1 Å². The first-order valence-electron chi connectivity index (χ1n) is 10.2. The highest BCUT2D eigenvalue weighted by Gasteiger charge is 2.24. The monoisotopic (exact) mass is 392 g/mol. The quantitative estimate of drug-likeness (QED) is 0.503. The maximum absolute atomic E-state index is 12.4. The Morgan fingerprint density at radius 2 is 1.90 bits per heavy atom. The van der Waals surface area contributed by atoms with Crippen LogP contribution in [-0.4, -0.2) is 42.1 Å². The number of aryl methyl sites for hydroxylation is 1. The molecular weight excluding hydrogens is 368 g/mol. The molecule has 2 aliphatic heterocycles. The zero-order valence-corrected chi connectivity index (χ0v) is 16.6. The highest BCUT2D eigenvalue weighted by atomic mass is 16.5. The van der Waals surface area contributed by atoms with E-state index in [2.05, 4.69) is 11.0 Å². The minimum atomic E-state index is -0.315. The van der Waals surface area contributed by atoms with Gasteiger partial charge in [-0.05, 0) is 37.3 Å². The Bertz CT molecular complexity index is 1170. The second-order valence-electron chi connectivity index (χ2n) is 7.97. The van der Waals surface area contributed by atoms with Gasteiger partial charge in [-0.25, -0.2) is 4.79 Å². The Balaban J connectivity index is 1.42. The van der Waals surface area contributed by atoms with Gasteiger partial charge in [0.15, 0.2) is 0 Å². The number of carbonyl (C=O) groups is 1. The maximum atomic E-state index is 12.4. The van der Waals surface area contributed by atoms with Gasteiger partial charge in [-0.1, -0.05) is 18.2 Å². The van der Waals surface area contributed by atoms with Crippen LogP contribution in [0.3, 0.4) is 0 Å². The third-order valence-corrected chi connectivity index (χ3v) is 6.03. The normalized spacial score (nSPS) is 17.1. The Labute approximate surface area is 168 Å². The van der Waals surface area contributed by atoms with Gasteiger partial charge in [0.25, 0.3) is 0 Å². The smallest absolute Gasteiger partial charge is 0.344 e. The fraction of sp³-hybridized carbons (Fsp3) is 0.391. The van der Waals surface area contributed by atoms with Crippen LogP contribution in [0.2, 0.25) is 0 Å². The van der Waals surface area contributed by atoms with Gasteiger partial charge in [-0.15, -0.1) is 0 Å². The van der Waals surface area contributed by atoms with Crippen molar-refractivity contribution in [2.24, 2.45) is 0 Å². The Kier molecular flexibility index (Phi) is 4.51. The number of rotatable bonds is 4. The summed E-state index contributed by atoms with van der Waals surface area (Å²) in [7, 11) is 0. The van der Waals surface area contributed by atoms with Gasteiger partial charge in [-0.3, -0.25) is 9.69 Å². The summed E-state index contributed by atoms with van der Waals surface area (Å²) in [6.07, 6.45) is 2.61.